The van der Waals surface area contributed by atoms with E-state index in [1.165, 1.54) is 18.3 Å². The lowest BCUT2D eigenvalue weighted by Gasteiger charge is -2.20. The van der Waals surface area contributed by atoms with Crippen LogP contribution in [0.3, 0.4) is 0 Å². The van der Waals surface area contributed by atoms with Crippen LogP contribution in [0.5, 0.6) is 5.75 Å². The van der Waals surface area contributed by atoms with E-state index in [0.29, 0.717) is 24.2 Å². The predicted molar refractivity (Wildman–Crippen MR) is 74.4 cm³/mol. The molecule has 1 aliphatic rings. The van der Waals surface area contributed by atoms with Gasteiger partial charge in [0, 0.05) is 5.92 Å². The number of hydrogen-bond acceptors (Lipinski definition) is 5. The van der Waals surface area contributed by atoms with E-state index in [1.54, 1.807) is 4.40 Å². The molecule has 8 heteroatoms. The molecule has 0 aliphatic carbocycles. The van der Waals surface area contributed by atoms with Crippen LogP contribution in [0.4, 0.5) is 0 Å². The van der Waals surface area contributed by atoms with Gasteiger partial charge in [0.2, 0.25) is 0 Å². The normalized spacial score (nSPS) is 18.9. The third-order valence-electron chi connectivity index (χ3n) is 3.77. The molecule has 0 bridgehead atoms. The maximum Gasteiger partial charge on any atom is 0.356 e. The highest BCUT2D eigenvalue weighted by atomic mass is 32.2. The van der Waals surface area contributed by atoms with Crippen molar-refractivity contribution in [3.05, 3.63) is 29.8 Å². The average Bonchev–Trinajstić information content (AvgIpc) is 2.77. The van der Waals surface area contributed by atoms with Crippen LogP contribution in [0.15, 0.2) is 18.3 Å². The molecule has 0 spiro atoms. The number of imidazole rings is 1. The van der Waals surface area contributed by atoms with E-state index in [9.17, 15) is 23.4 Å². The van der Waals surface area contributed by atoms with Crippen LogP contribution in [0.2, 0.25) is 0 Å². The first kappa shape index (κ1) is 13.9. The largest absolute Gasteiger partial charge is 0.506 e. The summed E-state index contributed by atoms with van der Waals surface area (Å²) in [6.45, 7) is 0. The molecule has 0 saturated carbocycles. The Bertz CT molecular complexity index is 810. The van der Waals surface area contributed by atoms with Crippen molar-refractivity contribution in [2.45, 2.75) is 18.8 Å². The molecule has 0 amide bonds. The Hall–Kier alpha value is -2.09. The van der Waals surface area contributed by atoms with Gasteiger partial charge in [-0.15, -0.1) is 0 Å². The number of sulfone groups is 1. The summed E-state index contributed by atoms with van der Waals surface area (Å²) in [5, 5.41) is 18.8. The van der Waals surface area contributed by atoms with E-state index in [0.717, 1.165) is 0 Å². The second-order valence-electron chi connectivity index (χ2n) is 5.19. The third-order valence-corrected chi connectivity index (χ3v) is 5.49. The number of aromatic hydroxyl groups is 1. The minimum absolute atomic E-state index is 0.00141. The van der Waals surface area contributed by atoms with Crippen LogP contribution in [-0.4, -0.2) is 45.5 Å². The minimum atomic E-state index is -3.00. The highest BCUT2D eigenvalue weighted by Crippen LogP contribution is 2.31. The molecule has 1 saturated heterocycles. The Morgan fingerprint density at radius 2 is 1.95 bits per heavy atom. The van der Waals surface area contributed by atoms with Crippen molar-refractivity contribution in [1.82, 2.24) is 9.38 Å². The first-order valence-electron chi connectivity index (χ1n) is 6.52. The Labute approximate surface area is 120 Å². The predicted octanol–water partition coefficient (Wildman–Crippen LogP) is 1.03. The first-order valence-corrected chi connectivity index (χ1v) is 8.34. The number of aromatic carboxylic acids is 1. The molecule has 0 atom stereocenters. The molecule has 7 nitrogen and oxygen atoms in total. The molecule has 21 heavy (non-hydrogen) atoms. The lowest BCUT2D eigenvalue weighted by atomic mass is 10.0. The molecule has 2 aromatic rings. The number of fused-ring (bicyclic) bond motifs is 1. The van der Waals surface area contributed by atoms with Gasteiger partial charge >= 0.3 is 5.97 Å². The summed E-state index contributed by atoms with van der Waals surface area (Å²) in [6.07, 6.45) is 2.24. The van der Waals surface area contributed by atoms with Gasteiger partial charge in [0.05, 0.1) is 23.2 Å². The maximum absolute atomic E-state index is 11.5. The van der Waals surface area contributed by atoms with E-state index >= 15 is 0 Å². The quantitative estimate of drug-likeness (QED) is 0.857. The number of carbonyl (C=O) groups is 1. The maximum atomic E-state index is 11.5. The molecule has 2 aromatic heterocycles. The molecule has 0 aromatic carbocycles. The van der Waals surface area contributed by atoms with Crippen molar-refractivity contribution in [3.63, 3.8) is 0 Å². The van der Waals surface area contributed by atoms with Crippen molar-refractivity contribution in [2.75, 3.05) is 11.5 Å². The number of rotatable bonds is 2. The Balaban J connectivity index is 2.10. The van der Waals surface area contributed by atoms with Gasteiger partial charge in [-0.2, -0.15) is 0 Å². The number of carboxylic acid groups (broad SMARTS) is 1. The van der Waals surface area contributed by atoms with Gasteiger partial charge in [0.1, 0.15) is 21.4 Å². The lowest BCUT2D eigenvalue weighted by molar-refractivity contribution is 0.0693. The Kier molecular flexibility index (Phi) is 3.12. The summed E-state index contributed by atoms with van der Waals surface area (Å²) < 4.78 is 24.5. The summed E-state index contributed by atoms with van der Waals surface area (Å²) >= 11 is 0. The van der Waals surface area contributed by atoms with Gasteiger partial charge < -0.3 is 10.2 Å². The second-order valence-corrected chi connectivity index (χ2v) is 7.50. The molecular weight excluding hydrogens is 296 g/mol. The fourth-order valence-electron chi connectivity index (χ4n) is 2.69. The highest BCUT2D eigenvalue weighted by molar-refractivity contribution is 7.91. The zero-order chi connectivity index (χ0) is 15.2. The molecule has 1 fully saturated rings. The first-order chi connectivity index (χ1) is 9.87. The highest BCUT2D eigenvalue weighted by Gasteiger charge is 2.29. The van der Waals surface area contributed by atoms with Gasteiger partial charge in [0.15, 0.2) is 5.69 Å². The van der Waals surface area contributed by atoms with Gasteiger partial charge in [-0.3, -0.25) is 4.40 Å². The van der Waals surface area contributed by atoms with Gasteiger partial charge in [-0.1, -0.05) is 0 Å². The van der Waals surface area contributed by atoms with E-state index in [2.05, 4.69) is 4.98 Å². The van der Waals surface area contributed by atoms with Crippen molar-refractivity contribution >= 4 is 21.3 Å². The molecule has 3 heterocycles. The number of pyridine rings is 1. The van der Waals surface area contributed by atoms with Gasteiger partial charge in [0.25, 0.3) is 0 Å². The number of aromatic nitrogens is 2. The fourth-order valence-corrected chi connectivity index (χ4v) is 4.18. The van der Waals surface area contributed by atoms with Crippen molar-refractivity contribution in [1.29, 1.82) is 0 Å². The zero-order valence-corrected chi connectivity index (χ0v) is 11.9. The zero-order valence-electron chi connectivity index (χ0n) is 11.1. The van der Waals surface area contributed by atoms with Crippen LogP contribution in [0.1, 0.15) is 35.1 Å². The summed E-state index contributed by atoms with van der Waals surface area (Å²) in [6, 6.07) is 2.90. The second kappa shape index (κ2) is 4.73. The summed E-state index contributed by atoms with van der Waals surface area (Å²) in [5.41, 5.74) is 0.308. The SMILES string of the molecule is O=C(O)c1nc(C2CCS(=O)(=O)CC2)n2cc(O)ccc12. The lowest BCUT2D eigenvalue weighted by Crippen LogP contribution is -2.23. The van der Waals surface area contributed by atoms with Crippen molar-refractivity contribution < 1.29 is 23.4 Å². The Morgan fingerprint density at radius 3 is 2.57 bits per heavy atom. The standard InChI is InChI=1S/C13H14N2O5S/c16-9-1-2-10-11(13(17)18)14-12(15(10)7-9)8-3-5-21(19,20)6-4-8/h1-2,7-8,16H,3-6H2,(H,17,18). The molecule has 0 unspecified atom stereocenters. The summed E-state index contributed by atoms with van der Waals surface area (Å²) in [5.74, 6) is -0.625. The monoisotopic (exact) mass is 310 g/mol. The number of carboxylic acids is 1. The van der Waals surface area contributed by atoms with E-state index in [1.807, 2.05) is 0 Å². The van der Waals surface area contributed by atoms with E-state index in [-0.39, 0.29) is 28.9 Å². The third kappa shape index (κ3) is 2.46. The van der Waals surface area contributed by atoms with Crippen LogP contribution in [0.25, 0.3) is 5.52 Å². The van der Waals surface area contributed by atoms with Crippen LogP contribution in [0, 0.1) is 0 Å². The molecule has 112 valence electrons. The summed E-state index contributed by atoms with van der Waals surface area (Å²) in [7, 11) is -3.00. The molecule has 0 radical (unpaired) electrons. The van der Waals surface area contributed by atoms with Crippen molar-refractivity contribution in [3.8, 4) is 5.75 Å². The average molecular weight is 310 g/mol. The number of nitrogens with zero attached hydrogens (tertiary/aromatic N) is 2. The van der Waals surface area contributed by atoms with Crippen LogP contribution >= 0.6 is 0 Å². The fraction of sp³-hybridized carbons (Fsp3) is 0.385. The summed E-state index contributed by atoms with van der Waals surface area (Å²) in [4.78, 5) is 15.4. The van der Waals surface area contributed by atoms with Crippen LogP contribution in [-0.2, 0) is 9.84 Å². The topological polar surface area (TPSA) is 109 Å². The molecular formula is C13H14N2O5S. The minimum Gasteiger partial charge on any atom is -0.506 e. The van der Waals surface area contributed by atoms with Crippen LogP contribution < -0.4 is 0 Å². The van der Waals surface area contributed by atoms with Gasteiger partial charge in [-0.25, -0.2) is 18.2 Å². The Morgan fingerprint density at radius 1 is 1.29 bits per heavy atom. The molecule has 3 rings (SSSR count). The number of hydrogen-bond donors (Lipinski definition) is 2. The van der Waals surface area contributed by atoms with E-state index in [4.69, 9.17) is 0 Å². The molecule has 1 aliphatic heterocycles. The molecule has 2 N–H and O–H groups in total. The van der Waals surface area contributed by atoms with E-state index < -0.39 is 15.8 Å². The van der Waals surface area contributed by atoms with Gasteiger partial charge in [-0.05, 0) is 25.0 Å². The smallest absolute Gasteiger partial charge is 0.356 e. The van der Waals surface area contributed by atoms with Crippen molar-refractivity contribution in [2.24, 2.45) is 0 Å².